The number of benzene rings is 1. The molecule has 0 saturated heterocycles. The minimum Gasteiger partial charge on any atom is -0.354 e. The first-order chi connectivity index (χ1) is 12.9. The predicted octanol–water partition coefficient (Wildman–Crippen LogP) is 1.50. The molecule has 0 spiro atoms. The van der Waals surface area contributed by atoms with Crippen molar-refractivity contribution in [2.75, 3.05) is 6.54 Å². The molecule has 0 bridgehead atoms. The van der Waals surface area contributed by atoms with Gasteiger partial charge in [0.25, 0.3) is 10.0 Å². The minimum absolute atomic E-state index is 0.0929. The van der Waals surface area contributed by atoms with Crippen LogP contribution < -0.4 is 10.0 Å². The third-order valence-corrected chi connectivity index (χ3v) is 5.63. The number of carbonyl (C=O) groups excluding carboxylic acids is 1. The Bertz CT molecular complexity index is 956. The molecule has 3 rings (SSSR count). The zero-order valence-corrected chi connectivity index (χ0v) is 16.0. The van der Waals surface area contributed by atoms with Gasteiger partial charge in [0.15, 0.2) is 0 Å². The van der Waals surface area contributed by atoms with E-state index in [1.165, 1.54) is 6.07 Å². The van der Waals surface area contributed by atoms with Crippen LogP contribution in [0.25, 0.3) is 0 Å². The second-order valence-electron chi connectivity index (χ2n) is 6.63. The van der Waals surface area contributed by atoms with Gasteiger partial charge in [0.05, 0.1) is 4.90 Å². The Hall–Kier alpha value is -2.74. The van der Waals surface area contributed by atoms with Gasteiger partial charge in [-0.25, -0.2) is 8.42 Å². The lowest BCUT2D eigenvalue weighted by atomic mass is 10.0. The Morgan fingerprint density at radius 1 is 1.19 bits per heavy atom. The number of aromatic nitrogens is 1. The highest BCUT2D eigenvalue weighted by molar-refractivity contribution is 7.90. The van der Waals surface area contributed by atoms with Gasteiger partial charge in [-0.3, -0.25) is 19.5 Å². The van der Waals surface area contributed by atoms with E-state index in [0.29, 0.717) is 18.5 Å². The molecule has 0 fully saturated rings. The summed E-state index contributed by atoms with van der Waals surface area (Å²) < 4.78 is 26.9. The van der Waals surface area contributed by atoms with Crippen LogP contribution in [-0.4, -0.2) is 37.7 Å². The van der Waals surface area contributed by atoms with Crippen molar-refractivity contribution in [2.24, 2.45) is 10.9 Å². The summed E-state index contributed by atoms with van der Waals surface area (Å²) in [6.45, 7) is 4.19. The first-order valence-corrected chi connectivity index (χ1v) is 10.2. The molecule has 0 unspecified atom stereocenters. The number of nitrogens with one attached hydrogen (secondary N) is 2. The number of sulfonamides is 1. The van der Waals surface area contributed by atoms with E-state index in [4.69, 9.17) is 0 Å². The van der Waals surface area contributed by atoms with Crippen molar-refractivity contribution in [1.82, 2.24) is 15.0 Å². The van der Waals surface area contributed by atoms with Crippen molar-refractivity contribution in [3.05, 3.63) is 59.9 Å². The van der Waals surface area contributed by atoms with Gasteiger partial charge < -0.3 is 5.32 Å². The number of rotatable bonds is 6. The van der Waals surface area contributed by atoms with Gasteiger partial charge >= 0.3 is 0 Å². The Balaban J connectivity index is 1.74. The molecule has 1 amide bonds. The summed E-state index contributed by atoms with van der Waals surface area (Å²) in [7, 11) is -3.63. The molecular formula is C19H22N4O3S. The number of hydrogen-bond donors (Lipinski definition) is 2. The summed E-state index contributed by atoms with van der Waals surface area (Å²) in [6.07, 6.45) is 2.33. The lowest BCUT2D eigenvalue weighted by molar-refractivity contribution is -0.123. The summed E-state index contributed by atoms with van der Waals surface area (Å²) in [6, 6.07) is 11.6. The topological polar surface area (TPSA) is 101 Å². The van der Waals surface area contributed by atoms with Gasteiger partial charge in [-0.1, -0.05) is 32.0 Å². The van der Waals surface area contributed by atoms with Crippen LogP contribution in [0, 0.1) is 5.92 Å². The van der Waals surface area contributed by atoms with Gasteiger partial charge in [0, 0.05) is 30.4 Å². The predicted molar refractivity (Wildman–Crippen MR) is 103 cm³/mol. The molecular weight excluding hydrogens is 364 g/mol. The molecule has 0 radical (unpaired) electrons. The molecule has 2 N–H and O–H groups in total. The average molecular weight is 386 g/mol. The maximum absolute atomic E-state index is 12.6. The highest BCUT2D eigenvalue weighted by Crippen LogP contribution is 2.23. The molecule has 0 aliphatic carbocycles. The molecule has 1 atom stereocenters. The van der Waals surface area contributed by atoms with Crippen molar-refractivity contribution < 1.29 is 13.2 Å². The van der Waals surface area contributed by atoms with Crippen LogP contribution in [0.15, 0.2) is 58.5 Å². The lowest BCUT2D eigenvalue weighted by Crippen LogP contribution is -2.39. The second kappa shape index (κ2) is 7.87. The van der Waals surface area contributed by atoms with E-state index in [2.05, 4.69) is 20.0 Å². The fourth-order valence-electron chi connectivity index (χ4n) is 2.84. The number of amides is 1. The average Bonchev–Trinajstić information content (AvgIpc) is 2.91. The molecule has 1 aromatic carbocycles. The van der Waals surface area contributed by atoms with Gasteiger partial charge in [0.2, 0.25) is 5.91 Å². The maximum Gasteiger partial charge on any atom is 0.263 e. The van der Waals surface area contributed by atoms with E-state index in [9.17, 15) is 13.2 Å². The van der Waals surface area contributed by atoms with Crippen molar-refractivity contribution in [1.29, 1.82) is 0 Å². The van der Waals surface area contributed by atoms with E-state index < -0.39 is 16.1 Å². The maximum atomic E-state index is 12.6. The SMILES string of the molecule is CC(C)[C@@H](N=C1NS(=O)(=O)c2ccccc21)C(=O)NCCc1ccccn1. The third-order valence-electron chi connectivity index (χ3n) is 4.24. The first-order valence-electron chi connectivity index (χ1n) is 8.76. The van der Waals surface area contributed by atoms with Crippen LogP contribution in [-0.2, 0) is 21.2 Å². The highest BCUT2D eigenvalue weighted by atomic mass is 32.2. The molecule has 8 heteroatoms. The normalized spacial score (nSPS) is 17.4. The number of carbonyl (C=O) groups is 1. The number of nitrogens with zero attached hydrogens (tertiary/aromatic N) is 2. The van der Waals surface area contributed by atoms with Crippen molar-refractivity contribution >= 4 is 21.8 Å². The van der Waals surface area contributed by atoms with Crippen LogP contribution in [0.4, 0.5) is 0 Å². The van der Waals surface area contributed by atoms with E-state index in [1.54, 1.807) is 24.4 Å². The number of aliphatic imine (C=N–C) groups is 1. The van der Waals surface area contributed by atoms with Crippen molar-refractivity contribution in [2.45, 2.75) is 31.2 Å². The largest absolute Gasteiger partial charge is 0.354 e. The standard InChI is InChI=1S/C19H22N4O3S/c1-13(2)17(19(24)21-12-10-14-7-5-6-11-20-14)22-18-15-8-3-4-9-16(15)27(25,26)23-18/h3-9,11,13,17H,10,12H2,1-2H3,(H,21,24)(H,22,23)/t17-/m1/s1. The van der Waals surface area contributed by atoms with Crippen LogP contribution >= 0.6 is 0 Å². The molecule has 0 saturated carbocycles. The van der Waals surface area contributed by atoms with Gasteiger partial charge in [-0.05, 0) is 30.2 Å². The molecule has 2 aromatic rings. The van der Waals surface area contributed by atoms with E-state index in [0.717, 1.165) is 5.69 Å². The first kappa shape index (κ1) is 19.0. The Kier molecular flexibility index (Phi) is 5.55. The van der Waals surface area contributed by atoms with Gasteiger partial charge in [-0.15, -0.1) is 0 Å². The van der Waals surface area contributed by atoms with Gasteiger partial charge in [0.1, 0.15) is 11.9 Å². The van der Waals surface area contributed by atoms with E-state index in [-0.39, 0.29) is 22.6 Å². The smallest absolute Gasteiger partial charge is 0.263 e. The molecule has 27 heavy (non-hydrogen) atoms. The lowest BCUT2D eigenvalue weighted by Gasteiger charge is -2.17. The third kappa shape index (κ3) is 4.33. The zero-order chi connectivity index (χ0) is 19.4. The fraction of sp³-hybridized carbons (Fsp3) is 0.316. The second-order valence-corrected chi connectivity index (χ2v) is 8.28. The molecule has 2 heterocycles. The monoisotopic (exact) mass is 386 g/mol. The summed E-state index contributed by atoms with van der Waals surface area (Å²) in [4.78, 5) is 21.5. The fourth-order valence-corrected chi connectivity index (χ4v) is 4.08. The van der Waals surface area contributed by atoms with E-state index in [1.807, 2.05) is 32.0 Å². The Labute approximate surface area is 159 Å². The van der Waals surface area contributed by atoms with Crippen LogP contribution in [0.2, 0.25) is 0 Å². The minimum atomic E-state index is -3.63. The molecule has 1 aromatic heterocycles. The summed E-state index contributed by atoms with van der Waals surface area (Å²) in [5, 5.41) is 2.87. The summed E-state index contributed by atoms with van der Waals surface area (Å²) >= 11 is 0. The van der Waals surface area contributed by atoms with Gasteiger partial charge in [-0.2, -0.15) is 0 Å². The molecule has 7 nitrogen and oxygen atoms in total. The Morgan fingerprint density at radius 3 is 2.63 bits per heavy atom. The molecule has 1 aliphatic rings. The van der Waals surface area contributed by atoms with Crippen LogP contribution in [0.1, 0.15) is 25.1 Å². The number of pyridine rings is 1. The van der Waals surface area contributed by atoms with E-state index >= 15 is 0 Å². The summed E-state index contributed by atoms with van der Waals surface area (Å²) in [5.41, 5.74) is 1.38. The highest BCUT2D eigenvalue weighted by Gasteiger charge is 2.32. The zero-order valence-electron chi connectivity index (χ0n) is 15.2. The molecule has 1 aliphatic heterocycles. The number of amidine groups is 1. The van der Waals surface area contributed by atoms with Crippen molar-refractivity contribution in [3.8, 4) is 0 Å². The quantitative estimate of drug-likeness (QED) is 0.786. The summed E-state index contributed by atoms with van der Waals surface area (Å²) in [5.74, 6) is -0.120. The van der Waals surface area contributed by atoms with Crippen molar-refractivity contribution in [3.63, 3.8) is 0 Å². The molecule has 142 valence electrons. The number of hydrogen-bond acceptors (Lipinski definition) is 5. The van der Waals surface area contributed by atoms with Crippen LogP contribution in [0.3, 0.4) is 0 Å². The number of fused-ring (bicyclic) bond motifs is 1. The Morgan fingerprint density at radius 2 is 1.93 bits per heavy atom. The van der Waals surface area contributed by atoms with Crippen LogP contribution in [0.5, 0.6) is 0 Å².